The lowest BCUT2D eigenvalue weighted by Gasteiger charge is -2.08. The summed E-state index contributed by atoms with van der Waals surface area (Å²) in [6, 6.07) is 3.89. The van der Waals surface area contributed by atoms with E-state index in [0.29, 0.717) is 21.7 Å². The van der Waals surface area contributed by atoms with Gasteiger partial charge >= 0.3 is 0 Å². The fraction of sp³-hybridized carbons (Fsp3) is 0. The number of nitrogens with zero attached hydrogens (tertiary/aromatic N) is 3. The number of hydrogen-bond donors (Lipinski definition) is 1. The van der Waals surface area contributed by atoms with Crippen molar-refractivity contribution in [2.75, 3.05) is 5.32 Å². The van der Waals surface area contributed by atoms with Crippen molar-refractivity contribution in [2.45, 2.75) is 0 Å². The molecular formula is C12H5Cl2FN4OS. The first-order valence-corrected chi connectivity index (χ1v) is 7.08. The summed E-state index contributed by atoms with van der Waals surface area (Å²) < 4.78 is 20.9. The maximum Gasteiger partial charge on any atom is 0.257 e. The Balaban J connectivity index is 2.00. The molecule has 3 rings (SSSR count). The van der Waals surface area contributed by atoms with E-state index in [1.54, 1.807) is 0 Å². The van der Waals surface area contributed by atoms with Crippen molar-refractivity contribution in [2.24, 2.45) is 0 Å². The van der Waals surface area contributed by atoms with Gasteiger partial charge in [-0.2, -0.15) is 13.1 Å². The van der Waals surface area contributed by atoms with Crippen LogP contribution >= 0.6 is 34.9 Å². The number of carbonyl (C=O) groups excluding carboxylic acids is 1. The molecule has 1 aromatic carbocycles. The Morgan fingerprint density at radius 3 is 2.67 bits per heavy atom. The number of aromatic nitrogens is 3. The highest BCUT2D eigenvalue weighted by Gasteiger charge is 2.17. The van der Waals surface area contributed by atoms with E-state index in [9.17, 15) is 9.18 Å². The number of hydrogen-bond acceptors (Lipinski definition) is 5. The third-order valence-corrected chi connectivity index (χ3v) is 3.79. The van der Waals surface area contributed by atoms with Crippen molar-refractivity contribution >= 4 is 57.6 Å². The Bertz CT molecular complexity index is 837. The summed E-state index contributed by atoms with van der Waals surface area (Å²) in [4.78, 5) is 15.5. The number of halogens is 3. The van der Waals surface area contributed by atoms with Crippen molar-refractivity contribution in [1.82, 2.24) is 13.7 Å². The van der Waals surface area contributed by atoms with Gasteiger partial charge in [0, 0.05) is 6.20 Å². The van der Waals surface area contributed by atoms with Gasteiger partial charge in [0.25, 0.3) is 5.91 Å². The lowest BCUT2D eigenvalue weighted by molar-refractivity contribution is 0.102. The number of benzene rings is 1. The van der Waals surface area contributed by atoms with Crippen molar-refractivity contribution in [3.63, 3.8) is 0 Å². The van der Waals surface area contributed by atoms with Crippen LogP contribution in [0.3, 0.4) is 0 Å². The molecule has 5 nitrogen and oxygen atoms in total. The van der Waals surface area contributed by atoms with Crippen molar-refractivity contribution < 1.29 is 9.18 Å². The summed E-state index contributed by atoms with van der Waals surface area (Å²) in [5.41, 5.74) is 1.36. The van der Waals surface area contributed by atoms with E-state index < -0.39 is 11.9 Å². The lowest BCUT2D eigenvalue weighted by Crippen LogP contribution is -2.13. The van der Waals surface area contributed by atoms with E-state index in [1.165, 1.54) is 12.1 Å². The van der Waals surface area contributed by atoms with Crippen LogP contribution in [0.25, 0.3) is 11.0 Å². The van der Waals surface area contributed by atoms with Crippen LogP contribution in [0.2, 0.25) is 10.0 Å². The largest absolute Gasteiger partial charge is 0.319 e. The van der Waals surface area contributed by atoms with Gasteiger partial charge in [-0.05, 0) is 18.2 Å². The maximum absolute atomic E-state index is 12.8. The molecule has 0 aliphatic rings. The lowest BCUT2D eigenvalue weighted by atomic mass is 10.2. The summed E-state index contributed by atoms with van der Waals surface area (Å²) in [5.74, 6) is -1.15. The predicted molar refractivity (Wildman–Crippen MR) is 79.6 cm³/mol. The second-order valence-corrected chi connectivity index (χ2v) is 5.34. The Morgan fingerprint density at radius 2 is 1.95 bits per heavy atom. The number of nitrogens with one attached hydrogen (secondary N) is 1. The van der Waals surface area contributed by atoms with E-state index in [2.05, 4.69) is 19.0 Å². The molecule has 21 heavy (non-hydrogen) atoms. The van der Waals surface area contributed by atoms with Crippen LogP contribution in [-0.4, -0.2) is 19.6 Å². The van der Waals surface area contributed by atoms with E-state index in [-0.39, 0.29) is 10.6 Å². The summed E-state index contributed by atoms with van der Waals surface area (Å²) >= 11 is 13.0. The monoisotopic (exact) mass is 342 g/mol. The van der Waals surface area contributed by atoms with Gasteiger partial charge in [-0.1, -0.05) is 23.2 Å². The van der Waals surface area contributed by atoms with Crippen LogP contribution in [0.1, 0.15) is 10.4 Å². The fourth-order valence-corrected chi connectivity index (χ4v) is 2.85. The van der Waals surface area contributed by atoms with Gasteiger partial charge in [0.1, 0.15) is 11.0 Å². The second kappa shape index (κ2) is 5.51. The van der Waals surface area contributed by atoms with Crippen LogP contribution in [0.5, 0.6) is 0 Å². The Kier molecular flexibility index (Phi) is 3.71. The maximum atomic E-state index is 12.8. The molecule has 0 unspecified atom stereocenters. The second-order valence-electron chi connectivity index (χ2n) is 4.00. The van der Waals surface area contributed by atoms with Gasteiger partial charge in [0.15, 0.2) is 0 Å². The molecule has 0 radical (unpaired) electrons. The average molecular weight is 343 g/mol. The minimum Gasteiger partial charge on any atom is -0.319 e. The Hall–Kier alpha value is -1.83. The van der Waals surface area contributed by atoms with Crippen LogP contribution in [0, 0.1) is 5.95 Å². The number of anilines is 1. The molecule has 0 fully saturated rings. The highest BCUT2D eigenvalue weighted by atomic mass is 35.5. The standard InChI is InChI=1S/C12H5Cl2FN4OS/c13-6-3-7(14)10-11(19-21-18-10)9(6)17-12(20)5-1-2-8(15)16-4-5/h1-4H,(H,17,20). The Morgan fingerprint density at radius 1 is 1.19 bits per heavy atom. The number of carbonyl (C=O) groups is 1. The first-order valence-electron chi connectivity index (χ1n) is 5.59. The predicted octanol–water partition coefficient (Wildman–Crippen LogP) is 3.78. The summed E-state index contributed by atoms with van der Waals surface area (Å²) in [7, 11) is 0. The minimum atomic E-state index is -0.665. The summed E-state index contributed by atoms with van der Waals surface area (Å²) in [6.07, 6.45) is 1.13. The number of rotatable bonds is 2. The molecule has 3 aromatic rings. The molecule has 0 saturated carbocycles. The van der Waals surface area contributed by atoms with E-state index in [0.717, 1.165) is 24.0 Å². The van der Waals surface area contributed by atoms with Crippen molar-refractivity contribution in [1.29, 1.82) is 0 Å². The highest BCUT2D eigenvalue weighted by Crippen LogP contribution is 2.35. The summed E-state index contributed by atoms with van der Waals surface area (Å²) in [5, 5.41) is 3.21. The molecule has 0 bridgehead atoms. The zero-order valence-electron chi connectivity index (χ0n) is 10.1. The molecule has 1 N–H and O–H groups in total. The molecular weight excluding hydrogens is 338 g/mol. The van der Waals surface area contributed by atoms with Gasteiger partial charge in [0.2, 0.25) is 5.95 Å². The normalized spacial score (nSPS) is 10.8. The van der Waals surface area contributed by atoms with Gasteiger partial charge in [-0.3, -0.25) is 4.79 Å². The first-order chi connectivity index (χ1) is 10.1. The van der Waals surface area contributed by atoms with E-state index in [1.807, 2.05) is 0 Å². The minimum absolute atomic E-state index is 0.193. The van der Waals surface area contributed by atoms with Crippen LogP contribution in [-0.2, 0) is 0 Å². The quantitative estimate of drug-likeness (QED) is 0.719. The number of pyridine rings is 1. The third-order valence-electron chi connectivity index (χ3n) is 2.67. The first kappa shape index (κ1) is 14.1. The van der Waals surface area contributed by atoms with Gasteiger partial charge in [-0.15, -0.1) is 0 Å². The summed E-state index contributed by atoms with van der Waals surface area (Å²) in [6.45, 7) is 0. The van der Waals surface area contributed by atoms with E-state index in [4.69, 9.17) is 23.2 Å². The van der Waals surface area contributed by atoms with Gasteiger partial charge < -0.3 is 5.32 Å². The molecule has 106 valence electrons. The van der Waals surface area contributed by atoms with E-state index >= 15 is 0 Å². The third kappa shape index (κ3) is 2.67. The molecule has 0 saturated heterocycles. The zero-order chi connectivity index (χ0) is 15.0. The number of amides is 1. The van der Waals surface area contributed by atoms with Crippen LogP contribution in [0.4, 0.5) is 10.1 Å². The zero-order valence-corrected chi connectivity index (χ0v) is 12.4. The van der Waals surface area contributed by atoms with Gasteiger partial charge in [0.05, 0.1) is 33.0 Å². The molecule has 0 atom stereocenters. The average Bonchev–Trinajstić information content (AvgIpc) is 2.93. The molecule has 0 aliphatic heterocycles. The topological polar surface area (TPSA) is 67.8 Å². The van der Waals surface area contributed by atoms with Crippen molar-refractivity contribution in [3.8, 4) is 0 Å². The highest BCUT2D eigenvalue weighted by molar-refractivity contribution is 7.00. The molecule has 2 aromatic heterocycles. The molecule has 9 heteroatoms. The van der Waals surface area contributed by atoms with Crippen LogP contribution < -0.4 is 5.32 Å². The number of fused-ring (bicyclic) bond motifs is 1. The Labute approximate surface area is 132 Å². The molecule has 0 aliphatic carbocycles. The van der Waals surface area contributed by atoms with Crippen LogP contribution in [0.15, 0.2) is 24.4 Å². The molecule has 0 spiro atoms. The van der Waals surface area contributed by atoms with Gasteiger partial charge in [-0.25, -0.2) is 4.98 Å². The smallest absolute Gasteiger partial charge is 0.257 e. The molecule has 2 heterocycles. The SMILES string of the molecule is O=C(Nc1c(Cl)cc(Cl)c2nsnc12)c1ccc(F)nc1. The fourth-order valence-electron chi connectivity index (χ4n) is 1.69. The van der Waals surface area contributed by atoms with Crippen molar-refractivity contribution in [3.05, 3.63) is 46.0 Å². The molecule has 1 amide bonds.